The summed E-state index contributed by atoms with van der Waals surface area (Å²) < 4.78 is 16.4. The maximum absolute atomic E-state index is 13.8. The van der Waals surface area contributed by atoms with Crippen LogP contribution in [0.3, 0.4) is 0 Å². The van der Waals surface area contributed by atoms with E-state index in [0.29, 0.717) is 10.5 Å². The predicted octanol–water partition coefficient (Wildman–Crippen LogP) is 5.21. The highest BCUT2D eigenvalue weighted by Gasteiger charge is 2.31. The van der Waals surface area contributed by atoms with E-state index in [0.717, 1.165) is 35.6 Å². The van der Waals surface area contributed by atoms with Crippen molar-refractivity contribution in [2.75, 3.05) is 0 Å². The molecule has 2 nitrogen and oxygen atoms in total. The third-order valence-corrected chi connectivity index (χ3v) is 4.63. The molecule has 0 amide bonds. The molecule has 1 fully saturated rings. The fourth-order valence-corrected chi connectivity index (χ4v) is 3.33. The largest absolute Gasteiger partial charge is 0.324 e. The van der Waals surface area contributed by atoms with Gasteiger partial charge in [0.2, 0.25) is 0 Å². The lowest BCUT2D eigenvalue weighted by Gasteiger charge is -2.35. The van der Waals surface area contributed by atoms with Crippen LogP contribution < -0.4 is 0 Å². The van der Waals surface area contributed by atoms with E-state index in [1.165, 1.54) is 0 Å². The third-order valence-electron chi connectivity index (χ3n) is 3.83. The highest BCUT2D eigenvalue weighted by Crippen LogP contribution is 2.42. The summed E-state index contributed by atoms with van der Waals surface area (Å²) >= 11 is 9.44. The number of halogens is 3. The fourth-order valence-electron chi connectivity index (χ4n) is 2.84. The number of hydrogen-bond acceptors (Lipinski definition) is 1. The van der Waals surface area contributed by atoms with Crippen molar-refractivity contribution in [2.45, 2.75) is 38.1 Å². The number of aromatic nitrogens is 2. The molecule has 2 aromatic rings. The zero-order valence-electron chi connectivity index (χ0n) is 10.8. The normalized spacial score (nSPS) is 24.5. The minimum Gasteiger partial charge on any atom is -0.324 e. The molecule has 1 aliphatic rings. The minimum absolute atomic E-state index is 0.176. The van der Waals surface area contributed by atoms with Crippen LogP contribution in [0.25, 0.3) is 11.0 Å². The molecule has 19 heavy (non-hydrogen) atoms. The molecule has 0 radical (unpaired) electrons. The van der Waals surface area contributed by atoms with E-state index in [4.69, 9.17) is 11.6 Å². The SMILES string of the molecule is CC1CC(n2c(C(C)Cl)nc3cc(Br)c(F)cc32)C1. The number of benzene rings is 1. The number of alkyl halides is 1. The average Bonchev–Trinajstić information content (AvgIpc) is 2.64. The summed E-state index contributed by atoms with van der Waals surface area (Å²) in [5, 5.41) is -0.176. The summed E-state index contributed by atoms with van der Waals surface area (Å²) in [7, 11) is 0. The molecule has 1 saturated carbocycles. The predicted molar refractivity (Wildman–Crippen MR) is 79.1 cm³/mol. The highest BCUT2D eigenvalue weighted by molar-refractivity contribution is 9.10. The molecule has 1 aliphatic carbocycles. The molecule has 1 heterocycles. The zero-order chi connectivity index (χ0) is 13.7. The lowest BCUT2D eigenvalue weighted by molar-refractivity contribution is 0.216. The van der Waals surface area contributed by atoms with Gasteiger partial charge in [-0.2, -0.15) is 0 Å². The fraction of sp³-hybridized carbons (Fsp3) is 0.500. The van der Waals surface area contributed by atoms with Crippen LogP contribution in [0.5, 0.6) is 0 Å². The van der Waals surface area contributed by atoms with Crippen LogP contribution in [0.1, 0.15) is 43.9 Å². The van der Waals surface area contributed by atoms with Gasteiger partial charge in [0.25, 0.3) is 0 Å². The monoisotopic (exact) mass is 344 g/mol. The van der Waals surface area contributed by atoms with Gasteiger partial charge in [-0.3, -0.25) is 0 Å². The van der Waals surface area contributed by atoms with E-state index < -0.39 is 0 Å². The molecule has 0 saturated heterocycles. The third kappa shape index (κ3) is 2.19. The molecule has 1 atom stereocenters. The molecule has 0 aliphatic heterocycles. The van der Waals surface area contributed by atoms with Crippen molar-refractivity contribution >= 4 is 38.6 Å². The van der Waals surface area contributed by atoms with Gasteiger partial charge in [0, 0.05) is 12.1 Å². The van der Waals surface area contributed by atoms with Crippen molar-refractivity contribution in [3.8, 4) is 0 Å². The van der Waals surface area contributed by atoms with Gasteiger partial charge in [-0.25, -0.2) is 9.37 Å². The molecule has 0 N–H and O–H groups in total. The van der Waals surface area contributed by atoms with Crippen LogP contribution in [-0.4, -0.2) is 9.55 Å². The molecule has 0 spiro atoms. The first-order valence-corrected chi connectivity index (χ1v) is 7.71. The van der Waals surface area contributed by atoms with Crippen molar-refractivity contribution < 1.29 is 4.39 Å². The molecule has 1 aromatic heterocycles. The number of rotatable bonds is 2. The Morgan fingerprint density at radius 3 is 2.74 bits per heavy atom. The number of nitrogens with zero attached hydrogens (tertiary/aromatic N) is 2. The van der Waals surface area contributed by atoms with Gasteiger partial charge >= 0.3 is 0 Å². The molecule has 1 aromatic carbocycles. The summed E-state index contributed by atoms with van der Waals surface area (Å²) in [4.78, 5) is 4.58. The number of imidazole rings is 1. The molecular formula is C14H15BrClFN2. The zero-order valence-corrected chi connectivity index (χ0v) is 13.2. The minimum atomic E-state index is -0.255. The van der Waals surface area contributed by atoms with E-state index in [-0.39, 0.29) is 11.2 Å². The Morgan fingerprint density at radius 2 is 2.16 bits per heavy atom. The Hall–Kier alpha value is -0.610. The van der Waals surface area contributed by atoms with E-state index in [2.05, 4.69) is 32.4 Å². The van der Waals surface area contributed by atoms with Crippen LogP contribution in [0.15, 0.2) is 16.6 Å². The lowest BCUT2D eigenvalue weighted by atomic mass is 9.81. The van der Waals surface area contributed by atoms with E-state index in [1.54, 1.807) is 12.1 Å². The van der Waals surface area contributed by atoms with Crippen molar-refractivity contribution in [3.63, 3.8) is 0 Å². The summed E-state index contributed by atoms with van der Waals surface area (Å²) in [6.07, 6.45) is 2.22. The second-order valence-corrected chi connectivity index (χ2v) is 6.95. The van der Waals surface area contributed by atoms with Crippen molar-refractivity contribution in [1.29, 1.82) is 0 Å². The molecule has 102 valence electrons. The first-order valence-electron chi connectivity index (χ1n) is 6.48. The van der Waals surface area contributed by atoms with E-state index in [9.17, 15) is 4.39 Å². The first-order chi connectivity index (χ1) is 8.97. The quantitative estimate of drug-likeness (QED) is 0.683. The summed E-state index contributed by atoms with van der Waals surface area (Å²) in [6.45, 7) is 4.14. The van der Waals surface area contributed by atoms with E-state index in [1.807, 2.05) is 6.92 Å². The Bertz CT molecular complexity index is 632. The van der Waals surface area contributed by atoms with Gasteiger partial charge in [-0.05, 0) is 47.7 Å². The van der Waals surface area contributed by atoms with Crippen molar-refractivity contribution in [1.82, 2.24) is 9.55 Å². The molecule has 0 bridgehead atoms. The Labute approximate surface area is 125 Å². The van der Waals surface area contributed by atoms with Gasteiger partial charge in [0.1, 0.15) is 11.6 Å². The van der Waals surface area contributed by atoms with Crippen LogP contribution in [0, 0.1) is 11.7 Å². The van der Waals surface area contributed by atoms with Gasteiger partial charge in [-0.1, -0.05) is 6.92 Å². The Kier molecular flexibility index (Phi) is 3.34. The highest BCUT2D eigenvalue weighted by atomic mass is 79.9. The van der Waals surface area contributed by atoms with Gasteiger partial charge < -0.3 is 4.57 Å². The van der Waals surface area contributed by atoms with Crippen LogP contribution in [0.4, 0.5) is 4.39 Å². The van der Waals surface area contributed by atoms with E-state index >= 15 is 0 Å². The second kappa shape index (κ2) is 4.74. The molecular weight excluding hydrogens is 331 g/mol. The van der Waals surface area contributed by atoms with Crippen molar-refractivity contribution in [2.24, 2.45) is 5.92 Å². The molecule has 5 heteroatoms. The number of hydrogen-bond donors (Lipinski definition) is 0. The summed E-state index contributed by atoms with van der Waals surface area (Å²) in [5.74, 6) is 1.31. The van der Waals surface area contributed by atoms with Gasteiger partial charge in [0.05, 0.1) is 20.9 Å². The Morgan fingerprint density at radius 1 is 1.47 bits per heavy atom. The molecule has 3 rings (SSSR count). The van der Waals surface area contributed by atoms with Crippen LogP contribution in [0.2, 0.25) is 0 Å². The second-order valence-electron chi connectivity index (χ2n) is 5.44. The summed E-state index contributed by atoms with van der Waals surface area (Å²) in [6, 6.07) is 3.68. The topological polar surface area (TPSA) is 17.8 Å². The maximum atomic E-state index is 13.8. The van der Waals surface area contributed by atoms with Gasteiger partial charge in [0.15, 0.2) is 0 Å². The number of fused-ring (bicyclic) bond motifs is 1. The van der Waals surface area contributed by atoms with Gasteiger partial charge in [-0.15, -0.1) is 11.6 Å². The standard InChI is InChI=1S/C14H15BrClFN2/c1-7-3-9(4-7)19-13-6-11(17)10(15)5-12(13)18-14(19)8(2)16/h5-9H,3-4H2,1-2H3. The van der Waals surface area contributed by atoms with Crippen LogP contribution in [-0.2, 0) is 0 Å². The lowest BCUT2D eigenvalue weighted by Crippen LogP contribution is -2.26. The summed E-state index contributed by atoms with van der Waals surface area (Å²) in [5.41, 5.74) is 1.65. The Balaban J connectivity index is 2.20. The maximum Gasteiger partial charge on any atom is 0.139 e. The smallest absolute Gasteiger partial charge is 0.139 e. The average molecular weight is 346 g/mol. The van der Waals surface area contributed by atoms with Crippen LogP contribution >= 0.6 is 27.5 Å². The molecule has 1 unspecified atom stereocenters. The van der Waals surface area contributed by atoms with Crippen molar-refractivity contribution in [3.05, 3.63) is 28.2 Å². The first kappa shape index (κ1) is 13.4.